The Balaban J connectivity index is 2.67. The SMILES string of the molecule is CCCC(C)N(C)C1CC(C(C)C)CCC1NC. The molecule has 1 saturated carbocycles. The summed E-state index contributed by atoms with van der Waals surface area (Å²) in [7, 11) is 4.46. The zero-order chi connectivity index (χ0) is 13.7. The highest BCUT2D eigenvalue weighted by atomic mass is 15.2. The summed E-state index contributed by atoms with van der Waals surface area (Å²) in [5.41, 5.74) is 0. The highest BCUT2D eigenvalue weighted by molar-refractivity contribution is 4.91. The Bertz CT molecular complexity index is 227. The van der Waals surface area contributed by atoms with E-state index >= 15 is 0 Å². The number of hydrogen-bond donors (Lipinski definition) is 1. The quantitative estimate of drug-likeness (QED) is 0.780. The first-order chi connectivity index (χ1) is 8.51. The number of hydrogen-bond acceptors (Lipinski definition) is 2. The molecule has 18 heavy (non-hydrogen) atoms. The van der Waals surface area contributed by atoms with Crippen LogP contribution in [0.3, 0.4) is 0 Å². The number of likely N-dealkylation sites (N-methyl/N-ethyl adjacent to an activating group) is 2. The second-order valence-electron chi connectivity index (χ2n) is 6.58. The van der Waals surface area contributed by atoms with Gasteiger partial charge in [-0.25, -0.2) is 0 Å². The largest absolute Gasteiger partial charge is 0.315 e. The Morgan fingerprint density at radius 2 is 1.89 bits per heavy atom. The summed E-state index contributed by atoms with van der Waals surface area (Å²) in [5.74, 6) is 1.75. The molecular weight excluding hydrogens is 220 g/mol. The maximum absolute atomic E-state index is 3.55. The van der Waals surface area contributed by atoms with Crippen molar-refractivity contribution in [1.29, 1.82) is 0 Å². The van der Waals surface area contributed by atoms with Gasteiger partial charge in [-0.3, -0.25) is 4.90 Å². The van der Waals surface area contributed by atoms with Crippen LogP contribution in [0, 0.1) is 11.8 Å². The van der Waals surface area contributed by atoms with Gasteiger partial charge in [-0.2, -0.15) is 0 Å². The Labute approximate surface area is 115 Å². The zero-order valence-corrected chi connectivity index (χ0v) is 13.4. The van der Waals surface area contributed by atoms with Gasteiger partial charge < -0.3 is 5.32 Å². The van der Waals surface area contributed by atoms with E-state index in [1.165, 1.54) is 32.1 Å². The van der Waals surface area contributed by atoms with Gasteiger partial charge in [0.2, 0.25) is 0 Å². The third kappa shape index (κ3) is 3.96. The predicted octanol–water partition coefficient (Wildman–Crippen LogP) is 3.52. The van der Waals surface area contributed by atoms with Gasteiger partial charge in [0.1, 0.15) is 0 Å². The summed E-state index contributed by atoms with van der Waals surface area (Å²) in [4.78, 5) is 2.64. The van der Waals surface area contributed by atoms with Crippen molar-refractivity contribution >= 4 is 0 Å². The Kier molecular flexibility index (Phi) is 6.65. The molecule has 2 nitrogen and oxygen atoms in total. The first kappa shape index (κ1) is 16.0. The molecule has 1 rings (SSSR count). The van der Waals surface area contributed by atoms with Gasteiger partial charge in [-0.1, -0.05) is 27.2 Å². The van der Waals surface area contributed by atoms with E-state index in [2.05, 4.69) is 52.0 Å². The Morgan fingerprint density at radius 1 is 1.22 bits per heavy atom. The molecule has 1 N–H and O–H groups in total. The van der Waals surface area contributed by atoms with Gasteiger partial charge in [0, 0.05) is 18.1 Å². The van der Waals surface area contributed by atoms with Crippen LogP contribution >= 0.6 is 0 Å². The summed E-state index contributed by atoms with van der Waals surface area (Å²) in [6, 6.07) is 2.11. The molecule has 0 bridgehead atoms. The second-order valence-corrected chi connectivity index (χ2v) is 6.58. The summed E-state index contributed by atoms with van der Waals surface area (Å²) in [6.07, 6.45) is 6.71. The topological polar surface area (TPSA) is 15.3 Å². The average Bonchev–Trinajstić information content (AvgIpc) is 2.37. The van der Waals surface area contributed by atoms with E-state index in [-0.39, 0.29) is 0 Å². The molecular formula is C16H34N2. The van der Waals surface area contributed by atoms with E-state index in [9.17, 15) is 0 Å². The Hall–Kier alpha value is -0.0800. The fourth-order valence-electron chi connectivity index (χ4n) is 3.52. The first-order valence-corrected chi connectivity index (χ1v) is 7.90. The third-order valence-electron chi connectivity index (χ3n) is 5.10. The number of nitrogens with one attached hydrogen (secondary N) is 1. The van der Waals surface area contributed by atoms with Crippen molar-refractivity contribution < 1.29 is 0 Å². The number of rotatable bonds is 6. The van der Waals surface area contributed by atoms with Crippen molar-refractivity contribution in [2.24, 2.45) is 11.8 Å². The lowest BCUT2D eigenvalue weighted by Gasteiger charge is -2.44. The molecule has 108 valence electrons. The van der Waals surface area contributed by atoms with Gasteiger partial charge >= 0.3 is 0 Å². The van der Waals surface area contributed by atoms with E-state index in [1.807, 2.05) is 0 Å². The van der Waals surface area contributed by atoms with E-state index < -0.39 is 0 Å². The molecule has 0 aromatic heterocycles. The Morgan fingerprint density at radius 3 is 2.39 bits per heavy atom. The van der Waals surface area contributed by atoms with Crippen LogP contribution in [0.4, 0.5) is 0 Å². The minimum absolute atomic E-state index is 0.685. The van der Waals surface area contributed by atoms with Crippen LogP contribution in [-0.2, 0) is 0 Å². The smallest absolute Gasteiger partial charge is 0.0251 e. The van der Waals surface area contributed by atoms with Gasteiger partial charge in [0.15, 0.2) is 0 Å². The van der Waals surface area contributed by atoms with Crippen molar-refractivity contribution in [1.82, 2.24) is 10.2 Å². The summed E-state index contributed by atoms with van der Waals surface area (Å²) >= 11 is 0. The molecule has 4 atom stereocenters. The lowest BCUT2D eigenvalue weighted by molar-refractivity contribution is 0.0762. The zero-order valence-electron chi connectivity index (χ0n) is 13.4. The van der Waals surface area contributed by atoms with E-state index in [1.54, 1.807) is 0 Å². The standard InChI is InChI=1S/C16H34N2/c1-7-8-13(4)18(6)16-11-14(12(2)3)9-10-15(16)17-5/h12-17H,7-11H2,1-6H3. The van der Waals surface area contributed by atoms with Gasteiger partial charge in [-0.05, 0) is 58.5 Å². The van der Waals surface area contributed by atoms with Crippen molar-refractivity contribution in [2.45, 2.75) is 77.9 Å². The highest BCUT2D eigenvalue weighted by Crippen LogP contribution is 2.33. The molecule has 1 aliphatic carbocycles. The van der Waals surface area contributed by atoms with Crippen LogP contribution in [0.2, 0.25) is 0 Å². The maximum Gasteiger partial charge on any atom is 0.0251 e. The monoisotopic (exact) mass is 254 g/mol. The molecule has 0 aliphatic heterocycles. The van der Waals surface area contributed by atoms with Crippen molar-refractivity contribution in [3.8, 4) is 0 Å². The lowest BCUT2D eigenvalue weighted by Crippen LogP contribution is -2.54. The lowest BCUT2D eigenvalue weighted by atomic mass is 9.76. The fourth-order valence-corrected chi connectivity index (χ4v) is 3.52. The molecule has 1 aliphatic rings. The molecule has 4 unspecified atom stereocenters. The normalized spacial score (nSPS) is 31.0. The van der Waals surface area contributed by atoms with Crippen molar-refractivity contribution in [2.75, 3.05) is 14.1 Å². The molecule has 0 heterocycles. The minimum atomic E-state index is 0.685. The number of nitrogens with zero attached hydrogens (tertiary/aromatic N) is 1. The molecule has 0 saturated heterocycles. The summed E-state index contributed by atoms with van der Waals surface area (Å²) < 4.78 is 0. The van der Waals surface area contributed by atoms with E-state index in [4.69, 9.17) is 0 Å². The molecule has 0 amide bonds. The molecule has 0 aromatic carbocycles. The molecule has 1 fully saturated rings. The minimum Gasteiger partial charge on any atom is -0.315 e. The third-order valence-corrected chi connectivity index (χ3v) is 5.10. The van der Waals surface area contributed by atoms with Crippen molar-refractivity contribution in [3.63, 3.8) is 0 Å². The van der Waals surface area contributed by atoms with Crippen LogP contribution < -0.4 is 5.32 Å². The second kappa shape index (κ2) is 7.49. The van der Waals surface area contributed by atoms with Crippen molar-refractivity contribution in [3.05, 3.63) is 0 Å². The predicted molar refractivity (Wildman–Crippen MR) is 80.9 cm³/mol. The van der Waals surface area contributed by atoms with Crippen LogP contribution in [-0.4, -0.2) is 37.1 Å². The molecule has 0 aromatic rings. The van der Waals surface area contributed by atoms with Gasteiger partial charge in [0.25, 0.3) is 0 Å². The molecule has 2 heteroatoms. The first-order valence-electron chi connectivity index (χ1n) is 7.90. The maximum atomic E-state index is 3.55. The van der Waals surface area contributed by atoms with Gasteiger partial charge in [-0.15, -0.1) is 0 Å². The molecule has 0 spiro atoms. The van der Waals surface area contributed by atoms with E-state index in [0.29, 0.717) is 12.1 Å². The van der Waals surface area contributed by atoms with Crippen LogP contribution in [0.1, 0.15) is 59.8 Å². The van der Waals surface area contributed by atoms with Crippen LogP contribution in [0.25, 0.3) is 0 Å². The molecule has 0 radical (unpaired) electrons. The summed E-state index contributed by atoms with van der Waals surface area (Å²) in [5, 5.41) is 3.55. The highest BCUT2D eigenvalue weighted by Gasteiger charge is 2.34. The average molecular weight is 254 g/mol. The summed E-state index contributed by atoms with van der Waals surface area (Å²) in [6.45, 7) is 9.45. The van der Waals surface area contributed by atoms with Crippen LogP contribution in [0.15, 0.2) is 0 Å². The van der Waals surface area contributed by atoms with Gasteiger partial charge in [0.05, 0.1) is 0 Å². The van der Waals surface area contributed by atoms with Crippen LogP contribution in [0.5, 0.6) is 0 Å². The fraction of sp³-hybridized carbons (Fsp3) is 1.00. The van der Waals surface area contributed by atoms with E-state index in [0.717, 1.165) is 17.9 Å².